The molecular weight excluding hydrogens is 1850 g/mol. The van der Waals surface area contributed by atoms with Crippen molar-refractivity contribution in [2.75, 3.05) is 46.4 Å². The molecule has 738 valence electrons. The van der Waals surface area contributed by atoms with Gasteiger partial charge < -0.3 is 164 Å². The van der Waals surface area contributed by atoms with Gasteiger partial charge in [-0.1, -0.05) is 89.4 Å². The highest BCUT2D eigenvalue weighted by atomic mass is 35.5. The minimum atomic E-state index is -2.45. The summed E-state index contributed by atoms with van der Waals surface area (Å²) in [7, 11) is 1.36. The molecule has 0 radical (unpaired) electrons. The van der Waals surface area contributed by atoms with Gasteiger partial charge >= 0.3 is 5.97 Å². The molecular formula is C93H112Cl3N13O28. The molecule has 3 fully saturated rings. The predicted molar refractivity (Wildman–Crippen MR) is 490 cm³/mol. The number of benzene rings is 7. The highest BCUT2D eigenvalue weighted by Crippen LogP contribution is 2.51. The Balaban J connectivity index is 1.01. The number of likely N-dealkylation sites (N-methyl/N-ethyl adjacent to an activating group) is 1. The summed E-state index contributed by atoms with van der Waals surface area (Å²) in [5.41, 5.74) is 15.1. The number of nitrogens with one attached hydrogen (secondary N) is 10. The van der Waals surface area contributed by atoms with Gasteiger partial charge in [-0.05, 0) is 186 Å². The molecule has 23 atom stereocenters. The lowest BCUT2D eigenvalue weighted by molar-refractivity contribution is -0.334. The van der Waals surface area contributed by atoms with Crippen molar-refractivity contribution in [1.29, 1.82) is 0 Å². The number of esters is 1. The van der Waals surface area contributed by atoms with E-state index in [4.69, 9.17) is 94.6 Å². The summed E-state index contributed by atoms with van der Waals surface area (Å²) in [5, 5.41) is 144. The fourth-order valence-electron chi connectivity index (χ4n) is 17.1. The van der Waals surface area contributed by atoms with Crippen LogP contribution in [0.25, 0.3) is 22.3 Å². The number of halogens is 3. The minimum absolute atomic E-state index is 0.0864. The number of amides is 8. The third-order valence-electron chi connectivity index (χ3n) is 24.5. The standard InChI is InChI=1S/C93H112Cl3N13O28/c1-41(111)27-57(100-6)84(122)108-74-76(117)48-16-21-61(55(95)29-48)132-63-31-50-32-64(80(63)137-91-81(78(119)77(118)65(39-110)134-91)136-69-37-93(5,83(121)43(3)131-69)103-38-44-9-11-45(12-10-44)46-13-18-51(94)19-14-46)133-62-22-17-49(30-56(62)96)79(135-68-36-92(4,99)82(120)42(2)130-68)75-89(127)107-73(90(128)129-40-67(116)102-26-8-25-101-24-7-23-97)54-33-52(112)34-60(114)70(54)53-28-47(15-20-59(53)113)71(86(124)109-75)106-87(125)72(50)105-85(123)58(35-66(98)115)104-88(74)126/h9-22,28-34,41-43,57-58,65,68-69,71-79,81-83,91,100-101,103,110-114,117-121H,7-8,23-27,35-40,97,99H2,1-6H3,(H2,98,115)(H,102,116)(H,104,126)(H,105,123)(H,106,125)(H,107,127)(H,108,122)(H,109,124)/t41?,42-,43-,57+,58-,65+,68-,69-,71+,72+,73-,74+,75-,76+,77+,78-,79+,81+,82-,83-,91-,92-,93-/m0/s1. The number of phenolic OH excluding ortho intramolecular Hbond substituents is 3. The molecule has 3 saturated heterocycles. The number of nitrogens with two attached hydrogens (primary N) is 3. The van der Waals surface area contributed by atoms with Crippen molar-refractivity contribution < 1.29 is 137 Å². The molecule has 1 unspecified atom stereocenters. The Kier molecular flexibility index (Phi) is 33.7. The van der Waals surface area contributed by atoms with Gasteiger partial charge in [-0.2, -0.15) is 0 Å². The number of fused-ring (bicyclic) bond motifs is 15. The first-order valence-corrected chi connectivity index (χ1v) is 45.4. The normalized spacial score (nSPS) is 28.3. The van der Waals surface area contributed by atoms with Crippen LogP contribution < -0.4 is 84.6 Å². The van der Waals surface area contributed by atoms with E-state index in [-0.39, 0.29) is 43.5 Å². The van der Waals surface area contributed by atoms with Crippen molar-refractivity contribution in [3.8, 4) is 68.2 Å². The van der Waals surface area contributed by atoms with Gasteiger partial charge in [0.1, 0.15) is 89.5 Å². The lowest BCUT2D eigenvalue weighted by Crippen LogP contribution is -2.65. The van der Waals surface area contributed by atoms with Gasteiger partial charge in [0.25, 0.3) is 5.91 Å². The topological polar surface area (TPSA) is 637 Å². The number of carbonyl (C=O) groups is 9. The smallest absolute Gasteiger partial charge is 0.333 e. The first kappa shape index (κ1) is 103. The molecule has 7 aromatic rings. The number of aromatic hydroxyl groups is 3. The van der Waals surface area contributed by atoms with Crippen LogP contribution in [0.5, 0.6) is 46.0 Å². The van der Waals surface area contributed by atoms with Crippen LogP contribution in [0.3, 0.4) is 0 Å². The van der Waals surface area contributed by atoms with E-state index in [2.05, 4.69) is 53.2 Å². The quantitative estimate of drug-likeness (QED) is 0.0247. The van der Waals surface area contributed by atoms with E-state index in [1.807, 2.05) is 36.4 Å². The van der Waals surface area contributed by atoms with Crippen molar-refractivity contribution in [3.05, 3.63) is 176 Å². The number of ether oxygens (including phenoxy) is 9. The summed E-state index contributed by atoms with van der Waals surface area (Å²) < 4.78 is 58.9. The van der Waals surface area contributed by atoms with Crippen LogP contribution in [0, 0.1) is 0 Å². The number of rotatable bonds is 28. The summed E-state index contributed by atoms with van der Waals surface area (Å²) in [5.74, 6) is -17.1. The minimum Gasteiger partial charge on any atom is -0.508 e. The maximum absolute atomic E-state index is 16.8. The van der Waals surface area contributed by atoms with Crippen LogP contribution >= 0.6 is 34.8 Å². The Morgan fingerprint density at radius 2 is 1.26 bits per heavy atom. The second kappa shape index (κ2) is 44.7. The predicted octanol–water partition coefficient (Wildman–Crippen LogP) is 2.12. The number of hydrogen-bond donors (Lipinski definition) is 23. The number of aliphatic hydroxyl groups excluding tert-OH is 7. The van der Waals surface area contributed by atoms with Gasteiger partial charge in [-0.3, -0.25) is 38.4 Å². The molecule has 26 N–H and O–H groups in total. The van der Waals surface area contributed by atoms with E-state index in [1.165, 1.54) is 58.2 Å². The Hall–Kier alpha value is -11.2. The van der Waals surface area contributed by atoms with Crippen LogP contribution in [-0.2, 0) is 78.1 Å². The average Bonchev–Trinajstić information content (AvgIpc) is 0.759. The van der Waals surface area contributed by atoms with Gasteiger partial charge in [0.05, 0.1) is 59.6 Å². The maximum Gasteiger partial charge on any atom is 0.333 e. The van der Waals surface area contributed by atoms with E-state index in [1.54, 1.807) is 26.0 Å². The lowest BCUT2D eigenvalue weighted by atomic mass is 9.84. The van der Waals surface area contributed by atoms with Gasteiger partial charge in [0, 0.05) is 64.8 Å². The molecule has 8 aliphatic rings. The third-order valence-corrected chi connectivity index (χ3v) is 25.4. The summed E-state index contributed by atoms with van der Waals surface area (Å²) in [6.07, 6.45) is -24.0. The number of aliphatic hydroxyl groups is 7. The van der Waals surface area contributed by atoms with Gasteiger partial charge in [0.2, 0.25) is 53.4 Å². The van der Waals surface area contributed by atoms with Crippen molar-refractivity contribution in [2.45, 2.75) is 219 Å². The van der Waals surface area contributed by atoms with E-state index in [0.29, 0.717) is 37.5 Å². The molecule has 11 bridgehead atoms. The summed E-state index contributed by atoms with van der Waals surface area (Å²) in [4.78, 5) is 137. The average molecular weight is 1970 g/mol. The van der Waals surface area contributed by atoms with Gasteiger partial charge in [0.15, 0.2) is 42.8 Å². The number of hydrogen-bond acceptors (Lipinski definition) is 33. The van der Waals surface area contributed by atoms with E-state index < -0.39 is 296 Å². The van der Waals surface area contributed by atoms with Crippen LogP contribution in [0.1, 0.15) is 137 Å². The monoisotopic (exact) mass is 1960 g/mol. The van der Waals surface area contributed by atoms with E-state index in [0.717, 1.165) is 65.2 Å². The number of phenols is 3. The van der Waals surface area contributed by atoms with E-state index >= 15 is 28.8 Å². The molecule has 8 amide bonds. The van der Waals surface area contributed by atoms with Crippen molar-refractivity contribution in [3.63, 3.8) is 0 Å². The molecule has 0 aliphatic carbocycles. The highest BCUT2D eigenvalue weighted by Gasteiger charge is 2.53. The first-order valence-electron chi connectivity index (χ1n) is 44.3. The molecule has 15 rings (SSSR count). The molecule has 8 heterocycles. The molecule has 0 spiro atoms. The molecule has 44 heteroatoms. The maximum atomic E-state index is 16.8. The molecule has 8 aliphatic heterocycles. The van der Waals surface area contributed by atoms with Crippen molar-refractivity contribution in [2.24, 2.45) is 17.2 Å². The molecule has 41 nitrogen and oxygen atoms in total. The third kappa shape index (κ3) is 24.4. The van der Waals surface area contributed by atoms with Gasteiger partial charge in [-0.25, -0.2) is 4.79 Å². The van der Waals surface area contributed by atoms with Crippen LogP contribution in [-0.4, -0.2) is 260 Å². The van der Waals surface area contributed by atoms with Crippen LogP contribution in [0.4, 0.5) is 0 Å². The zero-order valence-corrected chi connectivity index (χ0v) is 77.4. The SMILES string of the molecule is CN[C@H](CC(C)O)C(=O)N[C@H]1C(=O)N[C@@H](CC(N)=O)C(=O)N[C@H]2C(=O)N[C@H]3C(=O)N[C@H](C(=O)N[C@H](C(=O)OCC(=O)NCCCNCCCN)c4cc(O)cc(O)c4-c4cc3ccc4O)[C@H](O[C@H]3C[C@](C)(N)[C@@H](O)[C@H](C)O3)c3ccc(c(Cl)c3)Oc3cc2cc(c3O[C@@H]2O[C@H](CO)[C@@H](O)[C@H](O)[C@H]2O[C@H]2C[C@](C)(NCc3ccc(-c4ccc(Cl)cc4)cc3)[C@@H](O)[C@H](C)O2)Oc2ccc(cc2Cl)[C@H]1O. The van der Waals surface area contributed by atoms with Crippen LogP contribution in [0.2, 0.25) is 15.1 Å². The van der Waals surface area contributed by atoms with Crippen molar-refractivity contribution >= 4 is 88.0 Å². The summed E-state index contributed by atoms with van der Waals surface area (Å²) in [6, 6.07) is 13.8. The first-order chi connectivity index (χ1) is 65.1. The molecule has 137 heavy (non-hydrogen) atoms. The lowest BCUT2D eigenvalue weighted by Gasteiger charge is -2.48. The molecule has 7 aromatic carbocycles. The second-order valence-corrected chi connectivity index (χ2v) is 36.3. The summed E-state index contributed by atoms with van der Waals surface area (Å²) in [6.45, 7) is 7.31. The van der Waals surface area contributed by atoms with E-state index in [9.17, 15) is 65.4 Å². The Labute approximate surface area is 800 Å². The zero-order chi connectivity index (χ0) is 98.9. The number of carbonyl (C=O) groups excluding carboxylic acids is 9. The van der Waals surface area contributed by atoms with Crippen LogP contribution in [0.15, 0.2) is 127 Å². The van der Waals surface area contributed by atoms with Gasteiger partial charge in [-0.15, -0.1) is 0 Å². The largest absolute Gasteiger partial charge is 0.508 e. The molecule has 0 aromatic heterocycles. The Bertz CT molecular complexity index is 5580. The Morgan fingerprint density at radius 3 is 1.89 bits per heavy atom. The Morgan fingerprint density at radius 1 is 0.642 bits per heavy atom. The number of primary amides is 1. The van der Waals surface area contributed by atoms with Crippen molar-refractivity contribution in [1.82, 2.24) is 53.2 Å². The fourth-order valence-corrected chi connectivity index (χ4v) is 17.7. The highest BCUT2D eigenvalue weighted by molar-refractivity contribution is 6.32. The fraction of sp³-hybridized carbons (Fsp3) is 0.452. The molecule has 0 saturated carbocycles. The second-order valence-electron chi connectivity index (χ2n) is 35.0. The summed E-state index contributed by atoms with van der Waals surface area (Å²) >= 11 is 21.0. The zero-order valence-electron chi connectivity index (χ0n) is 75.1.